The lowest BCUT2D eigenvalue weighted by Crippen LogP contribution is -2.66. The minimum atomic E-state index is -3.05. The Bertz CT molecular complexity index is 2260. The van der Waals surface area contributed by atoms with Gasteiger partial charge in [-0.2, -0.15) is 0 Å². The molecule has 2 aliphatic rings. The van der Waals surface area contributed by atoms with Gasteiger partial charge < -0.3 is 19.7 Å². The second-order valence-corrected chi connectivity index (χ2v) is 20.9. The quantitative estimate of drug-likeness (QED) is 0.0605. The number of amides is 2. The molecule has 0 bridgehead atoms. The molecule has 5 aromatic rings. The monoisotopic (exact) mass is 794 g/mol. The average Bonchev–Trinajstić information content (AvgIpc) is 3.47. The zero-order chi connectivity index (χ0) is 41.0. The van der Waals surface area contributed by atoms with Crippen LogP contribution in [-0.4, -0.2) is 71.2 Å². The van der Waals surface area contributed by atoms with Crippen LogP contribution in [0.5, 0.6) is 5.75 Å². The molecule has 300 valence electrons. The lowest BCUT2D eigenvalue weighted by Gasteiger charge is -2.44. The molecule has 7 rings (SSSR count). The molecule has 1 fully saturated rings. The first kappa shape index (κ1) is 41.0. The lowest BCUT2D eigenvalue weighted by atomic mass is 9.68. The van der Waals surface area contributed by atoms with Gasteiger partial charge in [-0.05, 0) is 93.0 Å². The van der Waals surface area contributed by atoms with E-state index in [1.807, 2.05) is 91.9 Å². The number of aromatic nitrogens is 1. The van der Waals surface area contributed by atoms with Crippen molar-refractivity contribution in [3.05, 3.63) is 144 Å². The fourth-order valence-electron chi connectivity index (χ4n) is 9.45. The van der Waals surface area contributed by atoms with Crippen molar-refractivity contribution in [2.24, 2.45) is 17.8 Å². The van der Waals surface area contributed by atoms with Crippen LogP contribution in [0.25, 0.3) is 22.4 Å². The molecular weight excluding hydrogens is 741 g/mol. The number of nitrogens with zero attached hydrogens (tertiary/aromatic N) is 2. The molecule has 1 aliphatic carbocycles. The highest BCUT2D eigenvalue weighted by Gasteiger charge is 2.56. The summed E-state index contributed by atoms with van der Waals surface area (Å²) in [6.07, 6.45) is 4.32. The number of imide groups is 1. The highest BCUT2D eigenvalue weighted by molar-refractivity contribution is 6.99. The third-order valence-electron chi connectivity index (χ3n) is 12.1. The summed E-state index contributed by atoms with van der Waals surface area (Å²) in [5.74, 6) is -2.45. The van der Waals surface area contributed by atoms with Gasteiger partial charge in [-0.25, -0.2) is 0 Å². The number of rotatable bonds is 14. The van der Waals surface area contributed by atoms with E-state index in [1.54, 1.807) is 12.3 Å². The first-order valence-electron chi connectivity index (χ1n) is 20.4. The third kappa shape index (κ3) is 7.72. The molecule has 4 atom stereocenters. The number of fused-ring (bicyclic) bond motifs is 2. The smallest absolute Gasteiger partial charge is 0.261 e. The highest BCUT2D eigenvalue weighted by Crippen LogP contribution is 2.47. The summed E-state index contributed by atoms with van der Waals surface area (Å²) in [7, 11) is -3.05. The van der Waals surface area contributed by atoms with Crippen molar-refractivity contribution < 1.29 is 29.3 Å². The van der Waals surface area contributed by atoms with E-state index in [0.29, 0.717) is 25.0 Å². The summed E-state index contributed by atoms with van der Waals surface area (Å²) in [6.45, 7) is 8.63. The van der Waals surface area contributed by atoms with Crippen LogP contribution in [0.3, 0.4) is 0 Å². The number of aliphatic hydroxyl groups excluding tert-OH is 2. The number of benzene rings is 4. The topological polar surface area (TPSA) is 120 Å². The molecule has 9 heteroatoms. The predicted molar refractivity (Wildman–Crippen MR) is 233 cm³/mol. The zero-order valence-corrected chi connectivity index (χ0v) is 34.8. The van der Waals surface area contributed by atoms with E-state index in [4.69, 9.17) is 4.43 Å². The van der Waals surface area contributed by atoms with Gasteiger partial charge in [0.05, 0.1) is 36.8 Å². The van der Waals surface area contributed by atoms with Crippen LogP contribution in [0.1, 0.15) is 64.6 Å². The molecular formula is C49H54N2O6Si. The molecule has 2 heterocycles. The number of aromatic hydroxyl groups is 1. The first-order chi connectivity index (χ1) is 28.0. The summed E-state index contributed by atoms with van der Waals surface area (Å²) in [5, 5.41) is 37.8. The van der Waals surface area contributed by atoms with Gasteiger partial charge in [0.2, 0.25) is 11.8 Å². The number of likely N-dealkylation sites (tertiary alicyclic amines) is 1. The Morgan fingerprint density at radius 1 is 0.879 bits per heavy atom. The summed E-state index contributed by atoms with van der Waals surface area (Å²) >= 11 is 0. The molecule has 0 spiro atoms. The number of aliphatic hydroxyl groups is 2. The van der Waals surface area contributed by atoms with Crippen molar-refractivity contribution in [1.29, 1.82) is 0 Å². The first-order valence-corrected chi connectivity index (χ1v) is 22.3. The summed E-state index contributed by atoms with van der Waals surface area (Å²) in [4.78, 5) is 34.0. The van der Waals surface area contributed by atoms with Gasteiger partial charge >= 0.3 is 0 Å². The summed E-state index contributed by atoms with van der Waals surface area (Å²) in [6, 6.07) is 37.7. The second kappa shape index (κ2) is 17.3. The van der Waals surface area contributed by atoms with Crippen LogP contribution in [0.4, 0.5) is 0 Å². The maximum absolute atomic E-state index is 14.0. The van der Waals surface area contributed by atoms with Gasteiger partial charge in [0.1, 0.15) is 5.75 Å². The number of phenolic OH excluding ortho intramolecular Hbond substituents is 1. The van der Waals surface area contributed by atoms with Crippen molar-refractivity contribution in [3.63, 3.8) is 0 Å². The van der Waals surface area contributed by atoms with E-state index in [0.717, 1.165) is 43.5 Å². The molecule has 58 heavy (non-hydrogen) atoms. The Morgan fingerprint density at radius 2 is 1.52 bits per heavy atom. The van der Waals surface area contributed by atoms with Gasteiger partial charge in [-0.1, -0.05) is 125 Å². The van der Waals surface area contributed by atoms with Crippen molar-refractivity contribution >= 4 is 52.9 Å². The molecule has 3 N–H and O–H groups in total. The largest absolute Gasteiger partial charge is 0.507 e. The van der Waals surface area contributed by atoms with E-state index in [-0.39, 0.29) is 42.1 Å². The minimum Gasteiger partial charge on any atom is -0.507 e. The molecule has 0 radical (unpaired) electrons. The summed E-state index contributed by atoms with van der Waals surface area (Å²) in [5.41, 5.74) is 3.91. The molecule has 4 aromatic carbocycles. The Hall–Kier alpha value is -5.19. The molecule has 1 saturated heterocycles. The van der Waals surface area contributed by atoms with E-state index in [1.165, 1.54) is 4.90 Å². The highest BCUT2D eigenvalue weighted by atomic mass is 28.4. The Labute approximate surface area is 342 Å². The van der Waals surface area contributed by atoms with E-state index >= 15 is 0 Å². The fraction of sp³-hybridized carbons (Fsp3) is 0.327. The van der Waals surface area contributed by atoms with Crippen molar-refractivity contribution in [1.82, 2.24) is 9.88 Å². The van der Waals surface area contributed by atoms with E-state index in [9.17, 15) is 24.9 Å². The maximum Gasteiger partial charge on any atom is 0.261 e. The predicted octanol–water partition coefficient (Wildman–Crippen LogP) is 7.52. The van der Waals surface area contributed by atoms with Crippen LogP contribution in [0, 0.1) is 17.8 Å². The van der Waals surface area contributed by atoms with Crippen molar-refractivity contribution in [2.75, 3.05) is 19.8 Å². The lowest BCUT2D eigenvalue weighted by molar-refractivity contribution is -0.140. The van der Waals surface area contributed by atoms with Crippen LogP contribution < -0.4 is 10.4 Å². The van der Waals surface area contributed by atoms with Gasteiger partial charge in [-0.3, -0.25) is 19.5 Å². The van der Waals surface area contributed by atoms with Crippen LogP contribution >= 0.6 is 0 Å². The minimum absolute atomic E-state index is 0.136. The normalized spacial score (nSPS) is 19.5. The fourth-order valence-corrected chi connectivity index (χ4v) is 14.0. The van der Waals surface area contributed by atoms with Crippen LogP contribution in [0.15, 0.2) is 133 Å². The Morgan fingerprint density at radius 3 is 2.12 bits per heavy atom. The molecule has 1 aromatic heterocycles. The van der Waals surface area contributed by atoms with E-state index in [2.05, 4.69) is 56.1 Å². The number of pyridine rings is 1. The maximum atomic E-state index is 14.0. The zero-order valence-electron chi connectivity index (χ0n) is 33.8. The number of hydrogen-bond acceptors (Lipinski definition) is 7. The molecule has 0 saturated carbocycles. The van der Waals surface area contributed by atoms with Crippen molar-refractivity contribution in [3.8, 4) is 5.75 Å². The number of allylic oxidation sites excluding steroid dienone is 1. The van der Waals surface area contributed by atoms with E-state index < -0.39 is 38.8 Å². The molecule has 0 unspecified atom stereocenters. The van der Waals surface area contributed by atoms with Crippen LogP contribution in [-0.2, 0) is 14.0 Å². The van der Waals surface area contributed by atoms with Gasteiger partial charge in [0, 0.05) is 24.0 Å². The van der Waals surface area contributed by atoms with Gasteiger partial charge in [0.15, 0.2) is 0 Å². The number of phenols is 1. The average molecular weight is 795 g/mol. The number of carbonyl (C=O) groups is 2. The van der Waals surface area contributed by atoms with Gasteiger partial charge in [0.25, 0.3) is 8.32 Å². The van der Waals surface area contributed by atoms with Crippen LogP contribution in [0.2, 0.25) is 5.04 Å². The molecule has 2 amide bonds. The third-order valence-corrected chi connectivity index (χ3v) is 17.1. The standard InChI is InChI=1S/C49H54N2O6Si/c1-5-28-51-47(55)40-30-35(32-57-58(49(2,3)4,36-16-8-6-9-17-36)37-18-10-7-11-19-37)45(41(31-52)46(40)48(51)56)44(54)26-24-34(42-22-14-15-27-50-42)29-33-23-25-43(53)39-21-13-12-20-38(33)39/h6-23,25,27,29,40-41,44,46,52-54H,5,24,26,28,30-32H2,1-4H3/b34-29-/t40-,41+,44-,46-/m1/s1. The Kier molecular flexibility index (Phi) is 12.3. The van der Waals surface area contributed by atoms with Gasteiger partial charge in [-0.15, -0.1) is 0 Å². The number of carbonyl (C=O) groups excluding carboxylic acids is 2. The Balaban J connectivity index is 1.31. The molecule has 8 nitrogen and oxygen atoms in total. The second-order valence-electron chi connectivity index (χ2n) is 16.6. The molecule has 1 aliphatic heterocycles. The number of hydrogen-bond donors (Lipinski definition) is 3. The summed E-state index contributed by atoms with van der Waals surface area (Å²) < 4.78 is 7.43. The van der Waals surface area contributed by atoms with Crippen molar-refractivity contribution in [2.45, 2.75) is 64.5 Å². The SMILES string of the molecule is CCCN1C(=O)[C@@H]2[C@@H](CC(CO[Si](c3ccccc3)(c3ccccc3)C(C)(C)C)=C([C@H](O)CC/C(=C/c3ccc(O)c4ccccc34)c3ccccn3)[C@@H]2CO)C1=O.